The molecular formula is C18H14ClFN4O3. The van der Waals surface area contributed by atoms with Crippen LogP contribution in [0.15, 0.2) is 36.4 Å². The van der Waals surface area contributed by atoms with E-state index < -0.39 is 10.7 Å². The Morgan fingerprint density at radius 3 is 2.48 bits per heavy atom. The number of carbonyl (C=O) groups is 1. The zero-order valence-electron chi connectivity index (χ0n) is 14.1. The number of halogens is 2. The zero-order chi connectivity index (χ0) is 19.6. The van der Waals surface area contributed by atoms with E-state index in [9.17, 15) is 24.6 Å². The van der Waals surface area contributed by atoms with E-state index in [-0.39, 0.29) is 27.7 Å². The molecule has 1 aliphatic heterocycles. The first kappa shape index (κ1) is 18.6. The van der Waals surface area contributed by atoms with E-state index >= 15 is 0 Å². The molecule has 3 rings (SSSR count). The molecule has 2 aromatic carbocycles. The molecule has 0 saturated carbocycles. The molecule has 0 unspecified atom stereocenters. The van der Waals surface area contributed by atoms with Crippen LogP contribution in [-0.4, -0.2) is 41.9 Å². The van der Waals surface area contributed by atoms with Crippen LogP contribution in [0.5, 0.6) is 0 Å². The van der Waals surface area contributed by atoms with Gasteiger partial charge in [-0.1, -0.05) is 11.6 Å². The predicted octanol–water partition coefficient (Wildman–Crippen LogP) is 3.22. The van der Waals surface area contributed by atoms with Crippen molar-refractivity contribution in [3.63, 3.8) is 0 Å². The first-order valence-corrected chi connectivity index (χ1v) is 8.46. The van der Waals surface area contributed by atoms with Gasteiger partial charge in [-0.3, -0.25) is 14.9 Å². The third-order valence-electron chi connectivity index (χ3n) is 4.38. The molecule has 0 aliphatic carbocycles. The van der Waals surface area contributed by atoms with E-state index in [0.717, 1.165) is 6.07 Å². The Bertz CT molecular complexity index is 952. The minimum atomic E-state index is -0.548. The number of hydrogen-bond acceptors (Lipinski definition) is 5. The molecule has 138 valence electrons. The summed E-state index contributed by atoms with van der Waals surface area (Å²) in [6.45, 7) is 1.68. The second-order valence-corrected chi connectivity index (χ2v) is 6.38. The predicted molar refractivity (Wildman–Crippen MR) is 97.3 cm³/mol. The van der Waals surface area contributed by atoms with Crippen LogP contribution >= 0.6 is 11.6 Å². The van der Waals surface area contributed by atoms with Crippen LogP contribution < -0.4 is 4.90 Å². The summed E-state index contributed by atoms with van der Waals surface area (Å²) >= 11 is 5.96. The number of nitrogens with zero attached hydrogens (tertiary/aromatic N) is 4. The van der Waals surface area contributed by atoms with Crippen molar-refractivity contribution in [2.45, 2.75) is 0 Å². The van der Waals surface area contributed by atoms with E-state index in [1.807, 2.05) is 11.0 Å². The number of nitriles is 1. The molecule has 1 amide bonds. The number of nitro benzene ring substituents is 1. The molecule has 0 N–H and O–H groups in total. The van der Waals surface area contributed by atoms with E-state index in [4.69, 9.17) is 11.6 Å². The number of amides is 1. The maximum absolute atomic E-state index is 13.2. The van der Waals surface area contributed by atoms with Crippen molar-refractivity contribution < 1.29 is 14.1 Å². The van der Waals surface area contributed by atoms with E-state index in [1.165, 1.54) is 24.3 Å². The van der Waals surface area contributed by atoms with Crippen LogP contribution in [0.4, 0.5) is 15.8 Å². The van der Waals surface area contributed by atoms with Crippen molar-refractivity contribution in [2.24, 2.45) is 0 Å². The van der Waals surface area contributed by atoms with Gasteiger partial charge in [0.15, 0.2) is 0 Å². The van der Waals surface area contributed by atoms with Gasteiger partial charge in [-0.25, -0.2) is 4.39 Å². The monoisotopic (exact) mass is 388 g/mol. The minimum Gasteiger partial charge on any atom is -0.367 e. The van der Waals surface area contributed by atoms with E-state index in [0.29, 0.717) is 31.9 Å². The molecule has 1 saturated heterocycles. The number of non-ortho nitro benzene ring substituents is 1. The van der Waals surface area contributed by atoms with Gasteiger partial charge < -0.3 is 9.80 Å². The van der Waals surface area contributed by atoms with Crippen molar-refractivity contribution in [2.75, 3.05) is 31.1 Å². The molecule has 27 heavy (non-hydrogen) atoms. The van der Waals surface area contributed by atoms with Gasteiger partial charge in [-0.15, -0.1) is 0 Å². The van der Waals surface area contributed by atoms with Gasteiger partial charge in [-0.05, 0) is 24.3 Å². The van der Waals surface area contributed by atoms with Gasteiger partial charge in [-0.2, -0.15) is 5.26 Å². The molecule has 0 aromatic heterocycles. The maximum Gasteiger partial charge on any atom is 0.270 e. The molecule has 1 fully saturated rings. The Labute approximate surface area is 159 Å². The molecule has 1 heterocycles. The number of hydrogen-bond donors (Lipinski definition) is 0. The zero-order valence-corrected chi connectivity index (χ0v) is 14.8. The van der Waals surface area contributed by atoms with Crippen molar-refractivity contribution in [3.8, 4) is 6.07 Å². The fourth-order valence-corrected chi connectivity index (χ4v) is 3.23. The number of rotatable bonds is 3. The van der Waals surface area contributed by atoms with Crippen LogP contribution in [-0.2, 0) is 0 Å². The highest BCUT2D eigenvalue weighted by molar-refractivity contribution is 6.33. The summed E-state index contributed by atoms with van der Waals surface area (Å²) < 4.78 is 13.2. The van der Waals surface area contributed by atoms with Crippen LogP contribution in [0.2, 0.25) is 5.02 Å². The Balaban J connectivity index is 1.73. The maximum atomic E-state index is 13.2. The second-order valence-electron chi connectivity index (χ2n) is 5.97. The lowest BCUT2D eigenvalue weighted by Gasteiger charge is -2.36. The lowest BCUT2D eigenvalue weighted by atomic mass is 10.1. The van der Waals surface area contributed by atoms with Gasteiger partial charge in [0, 0.05) is 38.3 Å². The smallest absolute Gasteiger partial charge is 0.270 e. The summed E-state index contributed by atoms with van der Waals surface area (Å²) in [6, 6.07) is 9.76. The summed E-state index contributed by atoms with van der Waals surface area (Å²) in [7, 11) is 0. The Hall–Kier alpha value is -3.18. The molecule has 0 atom stereocenters. The van der Waals surface area contributed by atoms with Gasteiger partial charge in [0.1, 0.15) is 11.9 Å². The quantitative estimate of drug-likeness (QED) is 0.594. The van der Waals surface area contributed by atoms with Crippen LogP contribution in [0.1, 0.15) is 15.9 Å². The first-order chi connectivity index (χ1) is 12.9. The van der Waals surface area contributed by atoms with Crippen molar-refractivity contribution in [1.29, 1.82) is 5.26 Å². The number of anilines is 1. The Morgan fingerprint density at radius 1 is 1.19 bits per heavy atom. The van der Waals surface area contributed by atoms with Crippen molar-refractivity contribution in [1.82, 2.24) is 4.90 Å². The number of benzene rings is 2. The average molecular weight is 389 g/mol. The van der Waals surface area contributed by atoms with Gasteiger partial charge in [0.05, 0.1) is 26.8 Å². The summed E-state index contributed by atoms with van der Waals surface area (Å²) in [5.74, 6) is -0.799. The molecule has 2 aromatic rings. The number of carbonyl (C=O) groups excluding carboxylic acids is 1. The van der Waals surface area contributed by atoms with Gasteiger partial charge >= 0.3 is 0 Å². The van der Waals surface area contributed by atoms with Crippen LogP contribution in [0.3, 0.4) is 0 Å². The summed E-state index contributed by atoms with van der Waals surface area (Å²) in [5.41, 5.74) is 0.898. The highest BCUT2D eigenvalue weighted by Crippen LogP contribution is 2.26. The highest BCUT2D eigenvalue weighted by atomic mass is 35.5. The van der Waals surface area contributed by atoms with Crippen LogP contribution in [0.25, 0.3) is 0 Å². The third-order valence-corrected chi connectivity index (χ3v) is 4.69. The molecule has 1 aliphatic rings. The van der Waals surface area contributed by atoms with E-state index in [1.54, 1.807) is 11.0 Å². The molecule has 0 spiro atoms. The lowest BCUT2D eigenvalue weighted by Crippen LogP contribution is -2.49. The molecule has 0 radical (unpaired) electrons. The topological polar surface area (TPSA) is 90.5 Å². The summed E-state index contributed by atoms with van der Waals surface area (Å²) in [4.78, 5) is 26.4. The largest absolute Gasteiger partial charge is 0.367 e. The van der Waals surface area contributed by atoms with Crippen LogP contribution in [0, 0.1) is 27.3 Å². The fraction of sp³-hybridized carbons (Fsp3) is 0.222. The molecular weight excluding hydrogens is 375 g/mol. The Kier molecular flexibility index (Phi) is 5.23. The minimum absolute atomic E-state index is 0.0598. The molecule has 7 nitrogen and oxygen atoms in total. The third kappa shape index (κ3) is 3.83. The highest BCUT2D eigenvalue weighted by Gasteiger charge is 2.25. The van der Waals surface area contributed by atoms with Gasteiger partial charge in [0.25, 0.3) is 11.6 Å². The van der Waals surface area contributed by atoms with E-state index in [2.05, 4.69) is 0 Å². The Morgan fingerprint density at radius 2 is 1.89 bits per heavy atom. The SMILES string of the molecule is N#Cc1cc([N+](=O)[O-])ccc1N1CCN(C(=O)c2ccc(F)cc2Cl)CC1. The molecule has 0 bridgehead atoms. The molecule has 9 heteroatoms. The standard InChI is InChI=1S/C18H14ClFN4O3/c19-16-10-13(20)1-3-15(16)18(25)23-7-5-22(6-8-23)17-4-2-14(24(26)27)9-12(17)11-21/h1-4,9-10H,5-8H2. The number of nitro groups is 1. The van der Waals surface area contributed by atoms with Gasteiger partial charge in [0.2, 0.25) is 0 Å². The first-order valence-electron chi connectivity index (χ1n) is 8.08. The van der Waals surface area contributed by atoms with Crippen molar-refractivity contribution >= 4 is 28.9 Å². The summed E-state index contributed by atoms with van der Waals surface area (Å²) in [5, 5.41) is 20.2. The normalized spacial score (nSPS) is 14.0. The lowest BCUT2D eigenvalue weighted by molar-refractivity contribution is -0.384. The van der Waals surface area contributed by atoms with Crippen molar-refractivity contribution in [3.05, 3.63) is 68.5 Å². The average Bonchev–Trinajstić information content (AvgIpc) is 2.67. The fourth-order valence-electron chi connectivity index (χ4n) is 2.99. The number of piperazine rings is 1. The summed E-state index contributed by atoms with van der Waals surface area (Å²) in [6.07, 6.45) is 0. The second kappa shape index (κ2) is 7.60.